The zero-order valence-electron chi connectivity index (χ0n) is 18.8. The van der Waals surface area contributed by atoms with Crippen LogP contribution in [0.4, 0.5) is 0 Å². The van der Waals surface area contributed by atoms with Gasteiger partial charge in [0.05, 0.1) is 25.6 Å². The van der Waals surface area contributed by atoms with Crippen molar-refractivity contribution in [1.29, 1.82) is 0 Å². The topological polar surface area (TPSA) is 174 Å². The Kier molecular flexibility index (Phi) is 13.9. The lowest BCUT2D eigenvalue weighted by Gasteiger charge is -2.30. The molecular weight excluding hydrogens is 428 g/mol. The number of carboxylic acid groups (broad SMARTS) is 2. The fraction of sp³-hybridized carbons (Fsp3) is 0.762. The van der Waals surface area contributed by atoms with Gasteiger partial charge in [0.2, 0.25) is 0 Å². The van der Waals surface area contributed by atoms with Crippen molar-refractivity contribution < 1.29 is 53.5 Å². The van der Waals surface area contributed by atoms with Crippen LogP contribution in [-0.2, 0) is 38.2 Å². The van der Waals surface area contributed by atoms with E-state index in [1.807, 2.05) is 6.92 Å². The molecule has 0 aliphatic heterocycles. The van der Waals surface area contributed by atoms with Gasteiger partial charge in [-0.05, 0) is 20.3 Å². The lowest BCUT2D eigenvalue weighted by Crippen LogP contribution is -2.52. The molecule has 0 spiro atoms. The first-order valence-electron chi connectivity index (χ1n) is 10.8. The van der Waals surface area contributed by atoms with E-state index in [2.05, 4.69) is 0 Å². The smallest absolute Gasteiger partial charge is 0.359 e. The molecule has 184 valence electrons. The molecule has 11 heteroatoms. The number of aliphatic carboxylic acids is 2. The van der Waals surface area contributed by atoms with Gasteiger partial charge in [-0.1, -0.05) is 45.4 Å². The molecule has 32 heavy (non-hydrogen) atoms. The number of ether oxygens (including phenoxy) is 3. The maximum absolute atomic E-state index is 12.8. The van der Waals surface area contributed by atoms with Crippen molar-refractivity contribution in [2.24, 2.45) is 5.92 Å². The Morgan fingerprint density at radius 1 is 0.781 bits per heavy atom. The molecule has 2 atom stereocenters. The molecule has 0 aromatic rings. The summed E-state index contributed by atoms with van der Waals surface area (Å²) in [6, 6.07) is 0. The van der Waals surface area contributed by atoms with Crippen LogP contribution in [0.15, 0.2) is 0 Å². The number of carbonyl (C=O) groups is 5. The minimum atomic E-state index is -3.00. The van der Waals surface area contributed by atoms with Gasteiger partial charge in [0, 0.05) is 0 Å². The van der Waals surface area contributed by atoms with Gasteiger partial charge in [-0.3, -0.25) is 9.59 Å². The molecule has 0 heterocycles. The van der Waals surface area contributed by atoms with E-state index in [-0.39, 0.29) is 19.6 Å². The first-order valence-corrected chi connectivity index (χ1v) is 10.8. The van der Waals surface area contributed by atoms with Crippen LogP contribution in [0.5, 0.6) is 0 Å². The number of unbranched alkanes of at least 4 members (excludes halogenated alkanes) is 5. The second-order valence-electron chi connectivity index (χ2n) is 7.23. The third-order valence-electron chi connectivity index (χ3n) is 4.73. The Morgan fingerprint density at radius 2 is 1.28 bits per heavy atom. The maximum atomic E-state index is 12.8. The Morgan fingerprint density at radius 3 is 1.72 bits per heavy atom. The first kappa shape index (κ1) is 29.3. The summed E-state index contributed by atoms with van der Waals surface area (Å²) in [5.74, 6) is -9.28. The van der Waals surface area contributed by atoms with Crippen molar-refractivity contribution in [1.82, 2.24) is 0 Å². The van der Waals surface area contributed by atoms with Crippen molar-refractivity contribution in [3.8, 4) is 0 Å². The molecule has 0 rings (SSSR count). The highest BCUT2D eigenvalue weighted by Gasteiger charge is 2.51. The third kappa shape index (κ3) is 9.63. The van der Waals surface area contributed by atoms with Crippen molar-refractivity contribution in [2.45, 2.75) is 83.8 Å². The van der Waals surface area contributed by atoms with Crippen LogP contribution in [0.2, 0.25) is 0 Å². The van der Waals surface area contributed by atoms with Crippen molar-refractivity contribution in [3.05, 3.63) is 0 Å². The quantitative estimate of drug-likeness (QED) is 0.124. The summed E-state index contributed by atoms with van der Waals surface area (Å²) in [5.41, 5.74) is -3.00. The predicted molar refractivity (Wildman–Crippen MR) is 109 cm³/mol. The van der Waals surface area contributed by atoms with Gasteiger partial charge in [-0.2, -0.15) is 0 Å². The molecule has 0 aliphatic rings. The zero-order valence-corrected chi connectivity index (χ0v) is 18.8. The van der Waals surface area contributed by atoms with Crippen molar-refractivity contribution in [3.63, 3.8) is 0 Å². The van der Waals surface area contributed by atoms with Crippen LogP contribution in [0, 0.1) is 5.92 Å². The summed E-state index contributed by atoms with van der Waals surface area (Å²) >= 11 is 0. The third-order valence-corrected chi connectivity index (χ3v) is 4.73. The van der Waals surface area contributed by atoms with Crippen molar-refractivity contribution in [2.75, 3.05) is 13.2 Å². The van der Waals surface area contributed by atoms with E-state index in [0.29, 0.717) is 12.8 Å². The molecule has 0 bridgehead atoms. The van der Waals surface area contributed by atoms with Gasteiger partial charge in [0.25, 0.3) is 6.10 Å². The molecule has 11 nitrogen and oxygen atoms in total. The van der Waals surface area contributed by atoms with Gasteiger partial charge in [-0.15, -0.1) is 0 Å². The molecule has 0 saturated heterocycles. The van der Waals surface area contributed by atoms with E-state index < -0.39 is 53.9 Å². The number of aliphatic hydroxyl groups is 1. The predicted octanol–water partition coefficient (Wildman–Crippen LogP) is 1.68. The molecule has 0 aromatic heterocycles. The largest absolute Gasteiger partial charge is 0.481 e. The summed E-state index contributed by atoms with van der Waals surface area (Å²) in [5, 5.41) is 29.2. The Bertz CT molecular complexity index is 628. The highest BCUT2D eigenvalue weighted by atomic mass is 16.6. The number of hydrogen-bond donors (Lipinski definition) is 3. The average molecular weight is 462 g/mol. The lowest BCUT2D eigenvalue weighted by molar-refractivity contribution is -0.192. The number of carbonyl (C=O) groups excluding carboxylic acids is 3. The zero-order chi connectivity index (χ0) is 24.7. The minimum absolute atomic E-state index is 0.133. The SMILES string of the molecule is CCCCCCCCC(C(=O)OC(C(=O)OCC)C(=O)OCC)C(O)(CC(=O)O)C(=O)O. The molecule has 0 aliphatic carbocycles. The maximum Gasteiger partial charge on any atom is 0.359 e. The molecular formula is C21H34O11. The van der Waals surface area contributed by atoms with Gasteiger partial charge in [-0.25, -0.2) is 14.4 Å². The first-order chi connectivity index (χ1) is 15.0. The molecule has 2 unspecified atom stereocenters. The standard InChI is InChI=1S/C21H34O11/c1-4-7-8-9-10-11-12-14(21(29,20(27)28)13-15(22)23)17(24)32-16(18(25)30-5-2)19(26)31-6-3/h14,16,29H,4-13H2,1-3H3,(H,22,23)(H,27,28). The van der Waals surface area contributed by atoms with Gasteiger partial charge >= 0.3 is 29.8 Å². The summed E-state index contributed by atoms with van der Waals surface area (Å²) in [4.78, 5) is 59.9. The molecule has 3 N–H and O–H groups in total. The fourth-order valence-corrected chi connectivity index (χ4v) is 3.09. The van der Waals surface area contributed by atoms with E-state index in [4.69, 9.17) is 19.3 Å². The van der Waals surface area contributed by atoms with Gasteiger partial charge < -0.3 is 29.5 Å². The van der Waals surface area contributed by atoms with Crippen LogP contribution < -0.4 is 0 Å². The normalized spacial score (nSPS) is 13.7. The van der Waals surface area contributed by atoms with Crippen LogP contribution in [0.25, 0.3) is 0 Å². The highest BCUT2D eigenvalue weighted by molar-refractivity contribution is 6.00. The highest BCUT2D eigenvalue weighted by Crippen LogP contribution is 2.30. The number of esters is 3. The summed E-state index contributed by atoms with van der Waals surface area (Å²) < 4.78 is 14.3. The summed E-state index contributed by atoms with van der Waals surface area (Å²) in [6.45, 7) is 4.68. The van der Waals surface area contributed by atoms with Crippen LogP contribution in [0.1, 0.15) is 72.1 Å². The van der Waals surface area contributed by atoms with E-state index in [9.17, 15) is 34.2 Å². The van der Waals surface area contributed by atoms with Crippen LogP contribution in [-0.4, -0.2) is 70.1 Å². The molecule has 0 amide bonds. The minimum Gasteiger partial charge on any atom is -0.481 e. The van der Waals surface area contributed by atoms with E-state index >= 15 is 0 Å². The number of rotatable bonds is 17. The molecule has 0 aromatic carbocycles. The lowest BCUT2D eigenvalue weighted by atomic mass is 9.81. The molecule has 0 fully saturated rings. The Hall–Kier alpha value is -2.69. The second kappa shape index (κ2) is 15.2. The fourth-order valence-electron chi connectivity index (χ4n) is 3.09. The van der Waals surface area contributed by atoms with Gasteiger partial charge in [0.15, 0.2) is 5.60 Å². The second-order valence-corrected chi connectivity index (χ2v) is 7.23. The monoisotopic (exact) mass is 462 g/mol. The number of carboxylic acids is 2. The van der Waals surface area contributed by atoms with Gasteiger partial charge in [0.1, 0.15) is 0 Å². The summed E-state index contributed by atoms with van der Waals surface area (Å²) in [6.07, 6.45) is 1.01. The summed E-state index contributed by atoms with van der Waals surface area (Å²) in [7, 11) is 0. The van der Waals surface area contributed by atoms with E-state index in [0.717, 1.165) is 25.7 Å². The molecule has 0 saturated carbocycles. The van der Waals surface area contributed by atoms with Crippen LogP contribution >= 0.6 is 0 Å². The van der Waals surface area contributed by atoms with E-state index in [1.54, 1.807) is 0 Å². The molecule has 0 radical (unpaired) electrons. The number of hydrogen-bond acceptors (Lipinski definition) is 9. The Balaban J connectivity index is 5.73. The van der Waals surface area contributed by atoms with Crippen molar-refractivity contribution >= 4 is 29.8 Å². The van der Waals surface area contributed by atoms with E-state index in [1.165, 1.54) is 13.8 Å². The average Bonchev–Trinajstić information content (AvgIpc) is 2.70. The Labute approximate surface area is 187 Å². The van der Waals surface area contributed by atoms with Crippen LogP contribution in [0.3, 0.4) is 0 Å².